The van der Waals surface area contributed by atoms with Crippen molar-refractivity contribution in [3.05, 3.63) is 83.6 Å². The number of phenolic OH excluding ortho intramolecular Hbond substituents is 2. The van der Waals surface area contributed by atoms with Crippen LogP contribution in [0.3, 0.4) is 0 Å². The zero-order valence-corrected chi connectivity index (χ0v) is 22.7. The standard InChI is InChI=1S/C22H26O2.C10H14O/c1-21(2,3)14-7-9-19(23)16(11-14)18-13-24-20-10-8-15(12-17(18)20)22(4,5)6;1-10(2,3)8-4-6-9(11)7-5-8/h7-13,23H,1-6H3;4-7,11H,1-3H3. The molecule has 3 heteroatoms. The first-order chi connectivity index (χ1) is 16.1. The number of benzene rings is 3. The van der Waals surface area contributed by atoms with Crippen LogP contribution >= 0.6 is 0 Å². The van der Waals surface area contributed by atoms with Crippen molar-refractivity contribution in [3.63, 3.8) is 0 Å². The van der Waals surface area contributed by atoms with Gasteiger partial charge in [0.15, 0.2) is 0 Å². The van der Waals surface area contributed by atoms with Crippen molar-refractivity contribution in [2.75, 3.05) is 0 Å². The van der Waals surface area contributed by atoms with Crippen molar-refractivity contribution in [3.8, 4) is 22.6 Å². The van der Waals surface area contributed by atoms with Gasteiger partial charge in [0.25, 0.3) is 0 Å². The minimum atomic E-state index is 0.0263. The Bertz CT molecular complexity index is 1290. The maximum atomic E-state index is 10.4. The molecule has 2 N–H and O–H groups in total. The molecule has 0 bridgehead atoms. The van der Waals surface area contributed by atoms with Gasteiger partial charge in [-0.25, -0.2) is 0 Å². The number of hydrogen-bond acceptors (Lipinski definition) is 3. The molecule has 1 aromatic heterocycles. The summed E-state index contributed by atoms with van der Waals surface area (Å²) in [5, 5.41) is 20.5. The quantitative estimate of drug-likeness (QED) is 0.290. The molecule has 0 atom stereocenters. The monoisotopic (exact) mass is 472 g/mol. The summed E-state index contributed by atoms with van der Waals surface area (Å²) in [4.78, 5) is 0. The van der Waals surface area contributed by atoms with Crippen LogP contribution in [0.5, 0.6) is 11.5 Å². The van der Waals surface area contributed by atoms with E-state index in [4.69, 9.17) is 9.52 Å². The molecule has 3 nitrogen and oxygen atoms in total. The third-order valence-electron chi connectivity index (χ3n) is 6.33. The van der Waals surface area contributed by atoms with Gasteiger partial charge in [0.1, 0.15) is 17.1 Å². The highest BCUT2D eigenvalue weighted by Crippen LogP contribution is 2.39. The van der Waals surface area contributed by atoms with Crippen LogP contribution in [0.15, 0.2) is 71.3 Å². The van der Waals surface area contributed by atoms with Gasteiger partial charge in [0.05, 0.1) is 6.26 Å². The topological polar surface area (TPSA) is 53.6 Å². The van der Waals surface area contributed by atoms with E-state index in [0.29, 0.717) is 5.75 Å². The third kappa shape index (κ3) is 6.28. The number of furan rings is 1. The molecule has 0 radical (unpaired) electrons. The second-order valence-electron chi connectivity index (χ2n) is 12.4. The molecule has 4 rings (SSSR count). The number of aromatic hydroxyl groups is 2. The predicted molar refractivity (Wildman–Crippen MR) is 148 cm³/mol. The zero-order chi connectivity index (χ0) is 26.2. The van der Waals surface area contributed by atoms with E-state index in [1.165, 1.54) is 16.7 Å². The first-order valence-electron chi connectivity index (χ1n) is 12.2. The lowest BCUT2D eigenvalue weighted by Gasteiger charge is -2.20. The van der Waals surface area contributed by atoms with Gasteiger partial charge in [0, 0.05) is 16.5 Å². The molecule has 0 spiro atoms. The SMILES string of the molecule is CC(C)(C)c1ccc(O)c(-c2coc3ccc(C(C)(C)C)cc23)c1.CC(C)(C)c1ccc(O)cc1. The normalized spacial score (nSPS) is 12.4. The summed E-state index contributed by atoms with van der Waals surface area (Å²) in [5.74, 6) is 0.616. The Morgan fingerprint density at radius 2 is 1.03 bits per heavy atom. The maximum Gasteiger partial charge on any atom is 0.134 e. The molecule has 3 aromatic carbocycles. The highest BCUT2D eigenvalue weighted by atomic mass is 16.3. The van der Waals surface area contributed by atoms with Gasteiger partial charge in [-0.15, -0.1) is 0 Å². The van der Waals surface area contributed by atoms with Gasteiger partial charge in [-0.2, -0.15) is 0 Å². The highest BCUT2D eigenvalue weighted by molar-refractivity contribution is 5.96. The van der Waals surface area contributed by atoms with E-state index < -0.39 is 0 Å². The minimum Gasteiger partial charge on any atom is -0.508 e. The molecular formula is C32H40O3. The second-order valence-corrected chi connectivity index (χ2v) is 12.4. The van der Waals surface area contributed by atoms with E-state index in [0.717, 1.165) is 22.1 Å². The van der Waals surface area contributed by atoms with Crippen LogP contribution in [0, 0.1) is 0 Å². The summed E-state index contributed by atoms with van der Waals surface area (Å²) in [7, 11) is 0. The smallest absolute Gasteiger partial charge is 0.134 e. The van der Waals surface area contributed by atoms with Crippen molar-refractivity contribution in [2.24, 2.45) is 0 Å². The van der Waals surface area contributed by atoms with Gasteiger partial charge in [-0.3, -0.25) is 0 Å². The largest absolute Gasteiger partial charge is 0.508 e. The van der Waals surface area contributed by atoms with Crippen molar-refractivity contribution in [1.82, 2.24) is 0 Å². The van der Waals surface area contributed by atoms with Gasteiger partial charge >= 0.3 is 0 Å². The summed E-state index contributed by atoms with van der Waals surface area (Å²) in [6.45, 7) is 19.6. The lowest BCUT2D eigenvalue weighted by molar-refractivity contribution is 0.474. The molecule has 0 amide bonds. The first-order valence-corrected chi connectivity index (χ1v) is 12.2. The van der Waals surface area contributed by atoms with Crippen molar-refractivity contribution >= 4 is 11.0 Å². The maximum absolute atomic E-state index is 10.4. The van der Waals surface area contributed by atoms with E-state index in [1.54, 1.807) is 24.5 Å². The van der Waals surface area contributed by atoms with Crippen LogP contribution in [-0.2, 0) is 16.2 Å². The van der Waals surface area contributed by atoms with Crippen LogP contribution in [0.1, 0.15) is 79.0 Å². The Kier molecular flexibility index (Phi) is 7.13. The molecule has 0 aliphatic rings. The zero-order valence-electron chi connectivity index (χ0n) is 22.7. The summed E-state index contributed by atoms with van der Waals surface area (Å²) >= 11 is 0. The Morgan fingerprint density at radius 3 is 1.57 bits per heavy atom. The van der Waals surface area contributed by atoms with Crippen LogP contribution in [-0.4, -0.2) is 10.2 Å². The number of rotatable bonds is 1. The summed E-state index contributed by atoms with van der Waals surface area (Å²) < 4.78 is 5.74. The van der Waals surface area contributed by atoms with E-state index in [9.17, 15) is 5.11 Å². The number of phenols is 2. The van der Waals surface area contributed by atoms with Crippen molar-refractivity contribution < 1.29 is 14.6 Å². The molecule has 0 saturated carbocycles. The lowest BCUT2D eigenvalue weighted by atomic mass is 9.84. The Morgan fingerprint density at radius 1 is 0.543 bits per heavy atom. The predicted octanol–water partition coefficient (Wildman–Crippen LogP) is 9.09. The number of hydrogen-bond donors (Lipinski definition) is 2. The molecule has 0 aliphatic heterocycles. The van der Waals surface area contributed by atoms with Gasteiger partial charge in [-0.05, 0) is 69.3 Å². The molecule has 0 saturated heterocycles. The Balaban J connectivity index is 0.000000261. The molecular weight excluding hydrogens is 432 g/mol. The lowest BCUT2D eigenvalue weighted by Crippen LogP contribution is -2.11. The average molecular weight is 473 g/mol. The van der Waals surface area contributed by atoms with E-state index >= 15 is 0 Å². The minimum absolute atomic E-state index is 0.0263. The Labute approximate surface area is 210 Å². The summed E-state index contributed by atoms with van der Waals surface area (Å²) in [6, 6.07) is 19.5. The fourth-order valence-corrected chi connectivity index (χ4v) is 3.88. The molecule has 35 heavy (non-hydrogen) atoms. The van der Waals surface area contributed by atoms with E-state index in [-0.39, 0.29) is 22.0 Å². The van der Waals surface area contributed by atoms with Crippen LogP contribution in [0.2, 0.25) is 0 Å². The van der Waals surface area contributed by atoms with Crippen molar-refractivity contribution in [1.29, 1.82) is 0 Å². The Hall–Kier alpha value is -3.20. The fraction of sp³-hybridized carbons (Fsp3) is 0.375. The molecule has 0 unspecified atom stereocenters. The second kappa shape index (κ2) is 9.45. The number of fused-ring (bicyclic) bond motifs is 1. The third-order valence-corrected chi connectivity index (χ3v) is 6.33. The molecule has 0 aliphatic carbocycles. The molecule has 186 valence electrons. The van der Waals surface area contributed by atoms with Crippen LogP contribution < -0.4 is 0 Å². The molecule has 1 heterocycles. The molecule has 4 aromatic rings. The van der Waals surface area contributed by atoms with Crippen molar-refractivity contribution in [2.45, 2.75) is 78.6 Å². The highest BCUT2D eigenvalue weighted by Gasteiger charge is 2.20. The van der Waals surface area contributed by atoms with Gasteiger partial charge in [-0.1, -0.05) is 86.6 Å². The summed E-state index contributed by atoms with van der Waals surface area (Å²) in [5.41, 5.74) is 6.58. The van der Waals surface area contributed by atoms with E-state index in [2.05, 4.69) is 80.5 Å². The first kappa shape index (κ1) is 26.4. The van der Waals surface area contributed by atoms with Crippen LogP contribution in [0.4, 0.5) is 0 Å². The fourth-order valence-electron chi connectivity index (χ4n) is 3.88. The van der Waals surface area contributed by atoms with Gasteiger partial charge < -0.3 is 14.6 Å². The summed E-state index contributed by atoms with van der Waals surface area (Å²) in [6.07, 6.45) is 1.75. The molecule has 0 fully saturated rings. The van der Waals surface area contributed by atoms with Crippen LogP contribution in [0.25, 0.3) is 22.1 Å². The average Bonchev–Trinajstić information content (AvgIpc) is 3.16. The van der Waals surface area contributed by atoms with Gasteiger partial charge in [0.2, 0.25) is 0 Å². The van der Waals surface area contributed by atoms with E-state index in [1.807, 2.05) is 24.3 Å².